The molecule has 0 aromatic rings. The van der Waals surface area contributed by atoms with E-state index in [9.17, 15) is 4.79 Å². The molecule has 0 heterocycles. The normalized spacial score (nSPS) is 12.7. The molecule has 0 rings (SSSR count). The van der Waals surface area contributed by atoms with Crippen molar-refractivity contribution < 1.29 is 15.0 Å². The number of hydrogen-bond donors (Lipinski definition) is 2. The maximum Gasteiger partial charge on any atom is 0.303 e. The molecule has 0 aromatic heterocycles. The fourth-order valence-corrected chi connectivity index (χ4v) is 1.42. The third-order valence-electron chi connectivity index (χ3n) is 2.26. The Morgan fingerprint density at radius 2 is 1.57 bits per heavy atom. The number of unbranched alkanes of at least 4 members (excludes halogenated alkanes) is 5. The number of carboxylic acids is 1. The maximum atomic E-state index is 10.2. The highest BCUT2D eigenvalue weighted by atomic mass is 16.4. The van der Waals surface area contributed by atoms with Gasteiger partial charge in [0.25, 0.3) is 0 Å². The molecule has 0 amide bonds. The lowest BCUT2D eigenvalue weighted by Crippen LogP contribution is -1.98. The molecule has 3 nitrogen and oxygen atoms in total. The molecule has 0 aromatic carbocycles. The van der Waals surface area contributed by atoms with Crippen LogP contribution in [0.25, 0.3) is 0 Å². The Morgan fingerprint density at radius 3 is 2.07 bits per heavy atom. The summed E-state index contributed by atoms with van der Waals surface area (Å²) in [7, 11) is 0. The van der Waals surface area contributed by atoms with Gasteiger partial charge in [-0.2, -0.15) is 0 Å². The van der Waals surface area contributed by atoms with Gasteiger partial charge in [-0.15, -0.1) is 0 Å². The Hall–Kier alpha value is -0.570. The SMILES string of the molecule is C[C@H](O)CCCCCCCCC(=O)O. The monoisotopic (exact) mass is 202 g/mol. The Morgan fingerprint density at radius 1 is 1.07 bits per heavy atom. The largest absolute Gasteiger partial charge is 0.481 e. The van der Waals surface area contributed by atoms with Crippen molar-refractivity contribution in [2.24, 2.45) is 0 Å². The van der Waals surface area contributed by atoms with Gasteiger partial charge in [-0.1, -0.05) is 32.1 Å². The van der Waals surface area contributed by atoms with E-state index in [1.165, 1.54) is 0 Å². The van der Waals surface area contributed by atoms with Crippen molar-refractivity contribution in [2.75, 3.05) is 0 Å². The molecule has 0 aliphatic rings. The first-order chi connectivity index (χ1) is 6.63. The van der Waals surface area contributed by atoms with Crippen LogP contribution in [-0.4, -0.2) is 22.3 Å². The molecule has 1 atom stereocenters. The summed E-state index contributed by atoms with van der Waals surface area (Å²) in [5.41, 5.74) is 0. The van der Waals surface area contributed by atoms with Crippen LogP contribution in [-0.2, 0) is 4.79 Å². The topological polar surface area (TPSA) is 57.5 Å². The van der Waals surface area contributed by atoms with Gasteiger partial charge in [0.2, 0.25) is 0 Å². The van der Waals surface area contributed by atoms with E-state index >= 15 is 0 Å². The lowest BCUT2D eigenvalue weighted by Gasteiger charge is -2.03. The van der Waals surface area contributed by atoms with Gasteiger partial charge in [0.05, 0.1) is 6.10 Å². The predicted molar refractivity (Wildman–Crippen MR) is 56.3 cm³/mol. The number of aliphatic hydroxyl groups is 1. The highest BCUT2D eigenvalue weighted by molar-refractivity contribution is 5.66. The molecule has 14 heavy (non-hydrogen) atoms. The third kappa shape index (κ3) is 11.4. The van der Waals surface area contributed by atoms with Crippen LogP contribution in [0.4, 0.5) is 0 Å². The number of carboxylic acid groups (broad SMARTS) is 1. The van der Waals surface area contributed by atoms with Crippen molar-refractivity contribution in [3.8, 4) is 0 Å². The molecule has 0 saturated heterocycles. The fraction of sp³-hybridized carbons (Fsp3) is 0.909. The molecule has 2 N–H and O–H groups in total. The van der Waals surface area contributed by atoms with Crippen molar-refractivity contribution in [1.82, 2.24) is 0 Å². The van der Waals surface area contributed by atoms with Crippen molar-refractivity contribution >= 4 is 5.97 Å². The van der Waals surface area contributed by atoms with Gasteiger partial charge < -0.3 is 10.2 Å². The van der Waals surface area contributed by atoms with Gasteiger partial charge >= 0.3 is 5.97 Å². The van der Waals surface area contributed by atoms with Crippen molar-refractivity contribution in [3.63, 3.8) is 0 Å². The van der Waals surface area contributed by atoms with Gasteiger partial charge in [0, 0.05) is 6.42 Å². The van der Waals surface area contributed by atoms with E-state index in [1.54, 1.807) is 0 Å². The molecule has 3 heteroatoms. The molecule has 0 spiro atoms. The van der Waals surface area contributed by atoms with Crippen molar-refractivity contribution in [2.45, 2.75) is 64.4 Å². The van der Waals surface area contributed by atoms with Crippen molar-refractivity contribution in [3.05, 3.63) is 0 Å². The minimum Gasteiger partial charge on any atom is -0.481 e. The first kappa shape index (κ1) is 13.4. The van der Waals surface area contributed by atoms with E-state index in [0.717, 1.165) is 44.9 Å². The van der Waals surface area contributed by atoms with Gasteiger partial charge in [0.1, 0.15) is 0 Å². The van der Waals surface area contributed by atoms with Crippen LogP contribution in [0.1, 0.15) is 58.3 Å². The lowest BCUT2D eigenvalue weighted by molar-refractivity contribution is -0.137. The summed E-state index contributed by atoms with van der Waals surface area (Å²) in [5, 5.41) is 17.4. The maximum absolute atomic E-state index is 10.2. The molecule has 0 aliphatic heterocycles. The molecule has 0 radical (unpaired) electrons. The summed E-state index contributed by atoms with van der Waals surface area (Å²) in [4.78, 5) is 10.2. The average Bonchev–Trinajstić information content (AvgIpc) is 2.08. The standard InChI is InChI=1S/C11H22O3/c1-10(12)8-6-4-2-3-5-7-9-11(13)14/h10,12H,2-9H2,1H3,(H,13,14)/t10-/m0/s1. The summed E-state index contributed by atoms with van der Waals surface area (Å²) in [5.74, 6) is -0.695. The zero-order valence-corrected chi connectivity index (χ0v) is 9.04. The predicted octanol–water partition coefficient (Wildman–Crippen LogP) is 2.57. The molecule has 0 fully saturated rings. The molecule has 0 unspecified atom stereocenters. The van der Waals surface area contributed by atoms with Crippen LogP contribution in [0, 0.1) is 0 Å². The summed E-state index contributed by atoms with van der Waals surface area (Å²) in [6, 6.07) is 0. The van der Waals surface area contributed by atoms with E-state index in [0.29, 0.717) is 6.42 Å². The van der Waals surface area contributed by atoms with Crippen molar-refractivity contribution in [1.29, 1.82) is 0 Å². The van der Waals surface area contributed by atoms with Crippen LogP contribution >= 0.6 is 0 Å². The minimum atomic E-state index is -0.695. The molecule has 0 saturated carbocycles. The van der Waals surface area contributed by atoms with E-state index < -0.39 is 5.97 Å². The first-order valence-electron chi connectivity index (χ1n) is 5.53. The lowest BCUT2D eigenvalue weighted by atomic mass is 10.1. The summed E-state index contributed by atoms with van der Waals surface area (Å²) in [6.07, 6.45) is 7.32. The van der Waals surface area contributed by atoms with Gasteiger partial charge in [-0.25, -0.2) is 0 Å². The average molecular weight is 202 g/mol. The summed E-state index contributed by atoms with van der Waals surface area (Å²) >= 11 is 0. The van der Waals surface area contributed by atoms with Crippen LogP contribution in [0.5, 0.6) is 0 Å². The van der Waals surface area contributed by atoms with E-state index in [1.807, 2.05) is 6.92 Å². The molecule has 0 aliphatic carbocycles. The van der Waals surface area contributed by atoms with E-state index in [-0.39, 0.29) is 6.10 Å². The van der Waals surface area contributed by atoms with Crippen LogP contribution in [0.2, 0.25) is 0 Å². The summed E-state index contributed by atoms with van der Waals surface area (Å²) < 4.78 is 0. The molecular formula is C11H22O3. The number of aliphatic hydroxyl groups excluding tert-OH is 1. The quantitative estimate of drug-likeness (QED) is 0.565. The summed E-state index contributed by atoms with van der Waals surface area (Å²) in [6.45, 7) is 1.81. The molecule has 0 bridgehead atoms. The third-order valence-corrected chi connectivity index (χ3v) is 2.26. The Labute approximate surface area is 86.1 Å². The van der Waals surface area contributed by atoms with Gasteiger partial charge in [-0.3, -0.25) is 4.79 Å². The Kier molecular flexibility index (Phi) is 8.64. The van der Waals surface area contributed by atoms with Gasteiger partial charge in [-0.05, 0) is 19.8 Å². The first-order valence-corrected chi connectivity index (χ1v) is 5.53. The number of hydrogen-bond acceptors (Lipinski definition) is 2. The van der Waals surface area contributed by atoms with Crippen LogP contribution in [0.15, 0.2) is 0 Å². The smallest absolute Gasteiger partial charge is 0.303 e. The highest BCUT2D eigenvalue weighted by Crippen LogP contribution is 2.09. The zero-order valence-electron chi connectivity index (χ0n) is 9.04. The second kappa shape index (κ2) is 9.00. The number of aliphatic carboxylic acids is 1. The van der Waals surface area contributed by atoms with E-state index in [2.05, 4.69) is 0 Å². The second-order valence-electron chi connectivity index (χ2n) is 3.90. The zero-order chi connectivity index (χ0) is 10.8. The fourth-order valence-electron chi connectivity index (χ4n) is 1.42. The minimum absolute atomic E-state index is 0.179. The Bertz CT molecular complexity index is 143. The molecule has 84 valence electrons. The molecular weight excluding hydrogens is 180 g/mol. The number of rotatable bonds is 9. The van der Waals surface area contributed by atoms with Crippen LogP contribution in [0.3, 0.4) is 0 Å². The number of carbonyl (C=O) groups is 1. The highest BCUT2D eigenvalue weighted by Gasteiger charge is 1.97. The van der Waals surface area contributed by atoms with Gasteiger partial charge in [0.15, 0.2) is 0 Å². The van der Waals surface area contributed by atoms with E-state index in [4.69, 9.17) is 10.2 Å². The second-order valence-corrected chi connectivity index (χ2v) is 3.90. The Balaban J connectivity index is 2.96. The van der Waals surface area contributed by atoms with Crippen LogP contribution < -0.4 is 0 Å².